The second-order valence-electron chi connectivity index (χ2n) is 4.59. The van der Waals surface area contributed by atoms with E-state index in [1.54, 1.807) is 0 Å². The Morgan fingerprint density at radius 3 is 2.93 bits per heavy atom. The summed E-state index contributed by atoms with van der Waals surface area (Å²) in [5, 5.41) is 21.2. The van der Waals surface area contributed by atoms with Gasteiger partial charge in [-0.25, -0.2) is 0 Å². The van der Waals surface area contributed by atoms with Crippen LogP contribution < -0.4 is 5.32 Å². The van der Waals surface area contributed by atoms with Crippen LogP contribution in [0.3, 0.4) is 0 Å². The first-order valence-electron chi connectivity index (χ1n) is 5.76. The Morgan fingerprint density at radius 2 is 2.33 bits per heavy atom. The van der Waals surface area contributed by atoms with Crippen LogP contribution in [0, 0.1) is 0 Å². The third-order valence-electron chi connectivity index (χ3n) is 3.20. The van der Waals surface area contributed by atoms with Crippen molar-refractivity contribution < 1.29 is 14.9 Å². The third-order valence-corrected chi connectivity index (χ3v) is 3.20. The molecular weight excluding hydrogens is 194 g/mol. The second-order valence-corrected chi connectivity index (χ2v) is 4.59. The Bertz CT molecular complexity index is 189. The predicted octanol–water partition coefficient (Wildman–Crippen LogP) is 0.277. The van der Waals surface area contributed by atoms with E-state index in [0.29, 0.717) is 12.6 Å². The molecule has 0 aromatic rings. The van der Waals surface area contributed by atoms with Crippen LogP contribution in [0.2, 0.25) is 0 Å². The van der Waals surface area contributed by atoms with Crippen LogP contribution in [0.1, 0.15) is 33.1 Å². The lowest BCUT2D eigenvalue weighted by Gasteiger charge is -2.38. The maximum absolute atomic E-state index is 9.23. The average Bonchev–Trinajstić information content (AvgIpc) is 2.26. The largest absolute Gasteiger partial charge is 0.394 e. The molecule has 0 bridgehead atoms. The van der Waals surface area contributed by atoms with Crippen molar-refractivity contribution in [3.05, 3.63) is 0 Å². The first kappa shape index (κ1) is 12.9. The monoisotopic (exact) mass is 217 g/mol. The molecule has 3 atom stereocenters. The maximum Gasteiger partial charge on any atom is 0.0895 e. The minimum Gasteiger partial charge on any atom is -0.394 e. The molecule has 0 spiro atoms. The number of hydrogen-bond donors (Lipinski definition) is 3. The van der Waals surface area contributed by atoms with Crippen molar-refractivity contribution in [1.82, 2.24) is 5.32 Å². The lowest BCUT2D eigenvalue weighted by Crippen LogP contribution is -2.47. The molecular formula is C11H23NO3. The number of nitrogens with one attached hydrogen (secondary N) is 1. The van der Waals surface area contributed by atoms with Gasteiger partial charge >= 0.3 is 0 Å². The van der Waals surface area contributed by atoms with Gasteiger partial charge in [-0.2, -0.15) is 0 Å². The zero-order valence-corrected chi connectivity index (χ0v) is 9.70. The maximum atomic E-state index is 9.23. The Labute approximate surface area is 91.6 Å². The van der Waals surface area contributed by atoms with Gasteiger partial charge in [-0.1, -0.05) is 6.92 Å². The Hall–Kier alpha value is -0.160. The standard InChI is InChI=1S/C11H23NO3/c1-3-11(2)6-9(4-5-15-11)12-7-10(14)8-13/h9-10,12-14H,3-8H2,1-2H3. The fourth-order valence-corrected chi connectivity index (χ4v) is 1.92. The molecule has 0 amide bonds. The van der Waals surface area contributed by atoms with Crippen LogP contribution in [0.15, 0.2) is 0 Å². The molecule has 4 heteroatoms. The molecule has 1 aliphatic heterocycles. The van der Waals surface area contributed by atoms with Gasteiger partial charge < -0.3 is 20.3 Å². The molecule has 0 aromatic carbocycles. The lowest BCUT2D eigenvalue weighted by molar-refractivity contribution is -0.0790. The molecule has 1 saturated heterocycles. The first-order valence-corrected chi connectivity index (χ1v) is 5.76. The highest BCUT2D eigenvalue weighted by Crippen LogP contribution is 2.27. The Kier molecular flexibility index (Phi) is 4.99. The Balaban J connectivity index is 2.30. The number of aliphatic hydroxyl groups excluding tert-OH is 2. The molecule has 15 heavy (non-hydrogen) atoms. The first-order chi connectivity index (χ1) is 7.09. The summed E-state index contributed by atoms with van der Waals surface area (Å²) in [5.74, 6) is 0. The van der Waals surface area contributed by atoms with Crippen molar-refractivity contribution in [1.29, 1.82) is 0 Å². The summed E-state index contributed by atoms with van der Waals surface area (Å²) in [6, 6.07) is 0.393. The van der Waals surface area contributed by atoms with E-state index in [1.807, 2.05) is 0 Å². The van der Waals surface area contributed by atoms with E-state index in [4.69, 9.17) is 9.84 Å². The SMILES string of the molecule is CCC1(C)CC(NCC(O)CO)CCO1. The summed E-state index contributed by atoms with van der Waals surface area (Å²) >= 11 is 0. The number of ether oxygens (including phenoxy) is 1. The van der Waals surface area contributed by atoms with Gasteiger partial charge in [0.25, 0.3) is 0 Å². The smallest absolute Gasteiger partial charge is 0.0895 e. The van der Waals surface area contributed by atoms with Crippen LogP contribution in [0.4, 0.5) is 0 Å². The van der Waals surface area contributed by atoms with Gasteiger partial charge in [-0.05, 0) is 26.2 Å². The van der Waals surface area contributed by atoms with E-state index in [-0.39, 0.29) is 12.2 Å². The summed E-state index contributed by atoms with van der Waals surface area (Å²) in [4.78, 5) is 0. The minimum absolute atomic E-state index is 0.0277. The van der Waals surface area contributed by atoms with E-state index < -0.39 is 6.10 Å². The van der Waals surface area contributed by atoms with Gasteiger partial charge in [0.15, 0.2) is 0 Å². The molecule has 1 aliphatic rings. The molecule has 0 radical (unpaired) electrons. The normalized spacial score (nSPS) is 34.0. The molecule has 90 valence electrons. The van der Waals surface area contributed by atoms with Crippen molar-refractivity contribution in [3.63, 3.8) is 0 Å². The van der Waals surface area contributed by atoms with Gasteiger partial charge in [0.05, 0.1) is 18.3 Å². The zero-order valence-electron chi connectivity index (χ0n) is 9.70. The van der Waals surface area contributed by atoms with E-state index in [0.717, 1.165) is 25.9 Å². The third kappa shape index (κ3) is 4.07. The number of hydrogen-bond acceptors (Lipinski definition) is 4. The van der Waals surface area contributed by atoms with E-state index in [9.17, 15) is 5.11 Å². The van der Waals surface area contributed by atoms with Crippen molar-refractivity contribution >= 4 is 0 Å². The molecule has 0 saturated carbocycles. The van der Waals surface area contributed by atoms with Crippen LogP contribution >= 0.6 is 0 Å². The lowest BCUT2D eigenvalue weighted by atomic mass is 9.90. The van der Waals surface area contributed by atoms with Crippen LogP contribution in [-0.2, 0) is 4.74 Å². The zero-order chi connectivity index (χ0) is 11.3. The van der Waals surface area contributed by atoms with Crippen molar-refractivity contribution in [3.8, 4) is 0 Å². The Morgan fingerprint density at radius 1 is 1.60 bits per heavy atom. The molecule has 0 aliphatic carbocycles. The van der Waals surface area contributed by atoms with Crippen molar-refractivity contribution in [2.45, 2.75) is 50.9 Å². The van der Waals surface area contributed by atoms with Crippen LogP contribution in [-0.4, -0.2) is 47.7 Å². The van der Waals surface area contributed by atoms with E-state index in [1.165, 1.54) is 0 Å². The molecule has 1 rings (SSSR count). The number of aliphatic hydroxyl groups is 2. The fraction of sp³-hybridized carbons (Fsp3) is 1.00. The highest BCUT2D eigenvalue weighted by molar-refractivity contribution is 4.85. The van der Waals surface area contributed by atoms with E-state index >= 15 is 0 Å². The summed E-state index contributed by atoms with van der Waals surface area (Å²) in [6.45, 7) is 5.31. The topological polar surface area (TPSA) is 61.7 Å². The summed E-state index contributed by atoms with van der Waals surface area (Å²) in [5.41, 5.74) is -0.0277. The van der Waals surface area contributed by atoms with Gasteiger partial charge in [0.1, 0.15) is 0 Å². The second kappa shape index (κ2) is 5.80. The summed E-state index contributed by atoms with van der Waals surface area (Å²) in [7, 11) is 0. The van der Waals surface area contributed by atoms with Gasteiger partial charge in [-0.15, -0.1) is 0 Å². The summed E-state index contributed by atoms with van der Waals surface area (Å²) < 4.78 is 5.73. The molecule has 3 unspecified atom stereocenters. The van der Waals surface area contributed by atoms with E-state index in [2.05, 4.69) is 19.2 Å². The molecule has 3 N–H and O–H groups in total. The molecule has 1 fully saturated rings. The van der Waals surface area contributed by atoms with Crippen LogP contribution in [0.5, 0.6) is 0 Å². The highest BCUT2D eigenvalue weighted by atomic mass is 16.5. The van der Waals surface area contributed by atoms with Crippen LogP contribution in [0.25, 0.3) is 0 Å². The average molecular weight is 217 g/mol. The summed E-state index contributed by atoms with van der Waals surface area (Å²) in [6.07, 6.45) is 2.31. The quantitative estimate of drug-likeness (QED) is 0.619. The minimum atomic E-state index is -0.652. The van der Waals surface area contributed by atoms with Gasteiger partial charge in [-0.3, -0.25) is 0 Å². The van der Waals surface area contributed by atoms with Gasteiger partial charge in [0, 0.05) is 19.2 Å². The molecule has 1 heterocycles. The van der Waals surface area contributed by atoms with Crippen molar-refractivity contribution in [2.24, 2.45) is 0 Å². The van der Waals surface area contributed by atoms with Crippen molar-refractivity contribution in [2.75, 3.05) is 19.8 Å². The van der Waals surface area contributed by atoms with Gasteiger partial charge in [0.2, 0.25) is 0 Å². The predicted molar refractivity (Wildman–Crippen MR) is 58.8 cm³/mol. The molecule has 4 nitrogen and oxygen atoms in total. The fourth-order valence-electron chi connectivity index (χ4n) is 1.92. The number of rotatable bonds is 5. The highest BCUT2D eigenvalue weighted by Gasteiger charge is 2.31. The molecule has 0 aromatic heterocycles.